The SMILES string of the molecule is CCCC1CN(CCOc2ccc(OC)cc2)C(C)CN1. The van der Waals surface area contributed by atoms with Gasteiger partial charge in [0, 0.05) is 31.7 Å². The van der Waals surface area contributed by atoms with E-state index in [1.54, 1.807) is 7.11 Å². The van der Waals surface area contributed by atoms with E-state index in [1.165, 1.54) is 12.8 Å². The van der Waals surface area contributed by atoms with E-state index in [0.29, 0.717) is 12.1 Å². The van der Waals surface area contributed by atoms with Crippen LogP contribution in [0.4, 0.5) is 0 Å². The van der Waals surface area contributed by atoms with Crippen molar-refractivity contribution in [1.82, 2.24) is 10.2 Å². The van der Waals surface area contributed by atoms with Crippen molar-refractivity contribution in [3.05, 3.63) is 24.3 Å². The summed E-state index contributed by atoms with van der Waals surface area (Å²) >= 11 is 0. The second-order valence-electron chi connectivity index (χ2n) is 5.76. The van der Waals surface area contributed by atoms with Crippen LogP contribution in [0.2, 0.25) is 0 Å². The first-order valence-corrected chi connectivity index (χ1v) is 7.97. The number of nitrogens with zero attached hydrogens (tertiary/aromatic N) is 1. The van der Waals surface area contributed by atoms with Gasteiger partial charge in [-0.15, -0.1) is 0 Å². The van der Waals surface area contributed by atoms with Gasteiger partial charge in [-0.25, -0.2) is 0 Å². The molecule has 118 valence electrons. The fourth-order valence-corrected chi connectivity index (χ4v) is 2.80. The van der Waals surface area contributed by atoms with Gasteiger partial charge in [-0.2, -0.15) is 0 Å². The first kappa shape index (κ1) is 16.1. The summed E-state index contributed by atoms with van der Waals surface area (Å²) in [4.78, 5) is 2.53. The highest BCUT2D eigenvalue weighted by Gasteiger charge is 2.23. The van der Waals surface area contributed by atoms with Gasteiger partial charge in [0.2, 0.25) is 0 Å². The smallest absolute Gasteiger partial charge is 0.119 e. The van der Waals surface area contributed by atoms with Crippen LogP contribution >= 0.6 is 0 Å². The number of rotatable bonds is 7. The maximum Gasteiger partial charge on any atom is 0.119 e. The zero-order chi connectivity index (χ0) is 15.1. The Balaban J connectivity index is 1.75. The molecule has 2 rings (SSSR count). The summed E-state index contributed by atoms with van der Waals surface area (Å²) in [6.07, 6.45) is 2.49. The minimum Gasteiger partial charge on any atom is -0.497 e. The molecule has 1 saturated heterocycles. The topological polar surface area (TPSA) is 33.7 Å². The van der Waals surface area contributed by atoms with Crippen molar-refractivity contribution in [3.8, 4) is 11.5 Å². The molecule has 1 fully saturated rings. The Kier molecular flexibility index (Phi) is 6.33. The molecule has 4 nitrogen and oxygen atoms in total. The first-order chi connectivity index (χ1) is 10.2. The van der Waals surface area contributed by atoms with Crippen LogP contribution in [0.1, 0.15) is 26.7 Å². The molecule has 1 heterocycles. The Morgan fingerprint density at radius 1 is 1.24 bits per heavy atom. The number of nitrogens with one attached hydrogen (secondary N) is 1. The van der Waals surface area contributed by atoms with Gasteiger partial charge in [-0.05, 0) is 37.6 Å². The van der Waals surface area contributed by atoms with Crippen LogP contribution in [0.25, 0.3) is 0 Å². The molecule has 0 saturated carbocycles. The van der Waals surface area contributed by atoms with E-state index >= 15 is 0 Å². The summed E-state index contributed by atoms with van der Waals surface area (Å²) in [6, 6.07) is 8.99. The zero-order valence-electron chi connectivity index (χ0n) is 13.5. The van der Waals surface area contributed by atoms with Crippen molar-refractivity contribution in [3.63, 3.8) is 0 Å². The Hall–Kier alpha value is -1.26. The lowest BCUT2D eigenvalue weighted by molar-refractivity contribution is 0.115. The van der Waals surface area contributed by atoms with Crippen LogP contribution in [-0.4, -0.2) is 50.3 Å². The average Bonchev–Trinajstić information content (AvgIpc) is 2.51. The Morgan fingerprint density at radius 3 is 2.62 bits per heavy atom. The third kappa shape index (κ3) is 4.90. The molecule has 1 aliphatic heterocycles. The van der Waals surface area contributed by atoms with E-state index in [-0.39, 0.29) is 0 Å². The number of hydrogen-bond acceptors (Lipinski definition) is 4. The van der Waals surface area contributed by atoms with Gasteiger partial charge in [0.15, 0.2) is 0 Å². The van der Waals surface area contributed by atoms with Gasteiger partial charge in [0.1, 0.15) is 18.1 Å². The highest BCUT2D eigenvalue weighted by atomic mass is 16.5. The number of benzene rings is 1. The van der Waals surface area contributed by atoms with Gasteiger partial charge >= 0.3 is 0 Å². The number of ether oxygens (including phenoxy) is 2. The lowest BCUT2D eigenvalue weighted by Gasteiger charge is -2.38. The molecule has 0 spiro atoms. The Labute approximate surface area is 128 Å². The van der Waals surface area contributed by atoms with E-state index in [1.807, 2.05) is 24.3 Å². The van der Waals surface area contributed by atoms with Crippen LogP contribution in [0.15, 0.2) is 24.3 Å². The molecule has 21 heavy (non-hydrogen) atoms. The van der Waals surface area contributed by atoms with Crippen molar-refractivity contribution in [2.75, 3.05) is 33.4 Å². The fraction of sp³-hybridized carbons (Fsp3) is 0.647. The van der Waals surface area contributed by atoms with Gasteiger partial charge in [0.25, 0.3) is 0 Å². The van der Waals surface area contributed by atoms with Gasteiger partial charge in [-0.1, -0.05) is 13.3 Å². The van der Waals surface area contributed by atoms with Crippen LogP contribution in [0.5, 0.6) is 11.5 Å². The molecule has 0 radical (unpaired) electrons. The summed E-state index contributed by atoms with van der Waals surface area (Å²) in [5.41, 5.74) is 0. The van der Waals surface area contributed by atoms with Crippen molar-refractivity contribution < 1.29 is 9.47 Å². The predicted molar refractivity (Wildman–Crippen MR) is 86.2 cm³/mol. The molecule has 1 aromatic rings. The van der Waals surface area contributed by atoms with Crippen LogP contribution in [0.3, 0.4) is 0 Å². The van der Waals surface area contributed by atoms with E-state index in [4.69, 9.17) is 9.47 Å². The van der Waals surface area contributed by atoms with Gasteiger partial charge < -0.3 is 14.8 Å². The van der Waals surface area contributed by atoms with Crippen LogP contribution < -0.4 is 14.8 Å². The van der Waals surface area contributed by atoms with Crippen molar-refractivity contribution >= 4 is 0 Å². The second kappa shape index (κ2) is 8.25. The quantitative estimate of drug-likeness (QED) is 0.837. The summed E-state index contributed by atoms with van der Waals surface area (Å²) in [7, 11) is 1.67. The average molecular weight is 292 g/mol. The zero-order valence-corrected chi connectivity index (χ0v) is 13.5. The maximum atomic E-state index is 5.83. The molecule has 1 N–H and O–H groups in total. The Bertz CT molecular complexity index is 408. The van der Waals surface area contributed by atoms with Gasteiger partial charge in [0.05, 0.1) is 7.11 Å². The molecule has 0 bridgehead atoms. The molecular formula is C17H28N2O2. The summed E-state index contributed by atoms with van der Waals surface area (Å²) in [6.45, 7) is 8.44. The van der Waals surface area contributed by atoms with E-state index < -0.39 is 0 Å². The molecule has 2 atom stereocenters. The number of hydrogen-bond donors (Lipinski definition) is 1. The standard InChI is InChI=1S/C17H28N2O2/c1-4-5-15-13-19(14(2)12-18-15)10-11-21-17-8-6-16(20-3)7-9-17/h6-9,14-15,18H,4-5,10-13H2,1-3H3. The van der Waals surface area contributed by atoms with Crippen LogP contribution in [-0.2, 0) is 0 Å². The molecule has 2 unspecified atom stereocenters. The molecular weight excluding hydrogens is 264 g/mol. The lowest BCUT2D eigenvalue weighted by Crippen LogP contribution is -2.56. The number of piperazine rings is 1. The lowest BCUT2D eigenvalue weighted by atomic mass is 10.1. The predicted octanol–water partition coefficient (Wildman–Crippen LogP) is 2.54. The molecule has 4 heteroatoms. The normalized spacial score (nSPS) is 23.0. The minimum absolute atomic E-state index is 0.581. The van der Waals surface area contributed by atoms with Crippen molar-refractivity contribution in [1.29, 1.82) is 0 Å². The molecule has 1 aromatic carbocycles. The molecule has 0 aliphatic carbocycles. The fourth-order valence-electron chi connectivity index (χ4n) is 2.80. The van der Waals surface area contributed by atoms with Crippen LogP contribution in [0, 0.1) is 0 Å². The third-order valence-electron chi connectivity index (χ3n) is 4.12. The van der Waals surface area contributed by atoms with Crippen molar-refractivity contribution in [2.45, 2.75) is 38.8 Å². The largest absolute Gasteiger partial charge is 0.497 e. The summed E-state index contributed by atoms with van der Waals surface area (Å²) < 4.78 is 11.0. The van der Waals surface area contributed by atoms with Crippen molar-refractivity contribution in [2.24, 2.45) is 0 Å². The summed E-state index contributed by atoms with van der Waals surface area (Å²) in [5.74, 6) is 1.77. The van der Waals surface area contributed by atoms with Gasteiger partial charge in [-0.3, -0.25) is 4.90 Å². The summed E-state index contributed by atoms with van der Waals surface area (Å²) in [5, 5.41) is 3.62. The maximum absolute atomic E-state index is 5.83. The third-order valence-corrected chi connectivity index (χ3v) is 4.12. The van der Waals surface area contributed by atoms with E-state index in [0.717, 1.165) is 37.7 Å². The highest BCUT2D eigenvalue weighted by molar-refractivity contribution is 5.31. The van der Waals surface area contributed by atoms with E-state index in [2.05, 4.69) is 24.1 Å². The Morgan fingerprint density at radius 2 is 1.95 bits per heavy atom. The highest BCUT2D eigenvalue weighted by Crippen LogP contribution is 2.17. The first-order valence-electron chi connectivity index (χ1n) is 7.97. The number of methoxy groups -OCH3 is 1. The molecule has 0 amide bonds. The molecule has 0 aromatic heterocycles. The second-order valence-corrected chi connectivity index (χ2v) is 5.76. The molecule has 1 aliphatic rings. The minimum atomic E-state index is 0.581. The van der Waals surface area contributed by atoms with E-state index in [9.17, 15) is 0 Å². The monoisotopic (exact) mass is 292 g/mol.